The van der Waals surface area contributed by atoms with Crippen LogP contribution in [0.1, 0.15) is 18.2 Å². The molecule has 1 fully saturated rings. The zero-order valence-corrected chi connectivity index (χ0v) is 13.0. The summed E-state index contributed by atoms with van der Waals surface area (Å²) < 4.78 is 1.79. The fourth-order valence-corrected chi connectivity index (χ4v) is 3.27. The number of halogens is 2. The van der Waals surface area contributed by atoms with Crippen LogP contribution in [0.15, 0.2) is 21.2 Å². The third kappa shape index (κ3) is 3.29. The molecule has 2 heterocycles. The van der Waals surface area contributed by atoms with Crippen LogP contribution in [0.2, 0.25) is 0 Å². The van der Waals surface area contributed by atoms with Crippen LogP contribution >= 0.6 is 31.9 Å². The van der Waals surface area contributed by atoms with Crippen molar-refractivity contribution in [3.05, 3.63) is 26.9 Å². The second kappa shape index (κ2) is 6.62. The van der Waals surface area contributed by atoms with Gasteiger partial charge in [-0.05, 0) is 50.9 Å². The van der Waals surface area contributed by atoms with Gasteiger partial charge in [0, 0.05) is 34.8 Å². The summed E-state index contributed by atoms with van der Waals surface area (Å²) in [7, 11) is 0. The monoisotopic (exact) mass is 372 g/mol. The van der Waals surface area contributed by atoms with Crippen molar-refractivity contribution < 1.29 is 0 Å². The minimum atomic E-state index is -0.285. The van der Waals surface area contributed by atoms with Gasteiger partial charge in [0.1, 0.15) is 6.04 Å². The van der Waals surface area contributed by atoms with Crippen LogP contribution in [0, 0.1) is 11.3 Å². The van der Waals surface area contributed by atoms with Gasteiger partial charge < -0.3 is 5.32 Å². The second-order valence-electron chi connectivity index (χ2n) is 4.19. The van der Waals surface area contributed by atoms with Gasteiger partial charge in [0.2, 0.25) is 0 Å². The first-order valence-electron chi connectivity index (χ1n) is 5.87. The predicted molar refractivity (Wildman–Crippen MR) is 77.1 cm³/mol. The summed E-state index contributed by atoms with van der Waals surface area (Å²) >= 11 is 6.87. The Morgan fingerprint density at radius 2 is 2.22 bits per heavy atom. The number of hydrogen-bond donors (Lipinski definition) is 1. The van der Waals surface area contributed by atoms with Crippen molar-refractivity contribution in [1.82, 2.24) is 15.2 Å². The average Bonchev–Trinajstić information content (AvgIpc) is 2.62. The van der Waals surface area contributed by atoms with E-state index in [4.69, 9.17) is 0 Å². The normalized spacial score (nSPS) is 18.9. The van der Waals surface area contributed by atoms with Crippen molar-refractivity contribution in [3.8, 4) is 6.07 Å². The first kappa shape index (κ1) is 13.9. The van der Waals surface area contributed by atoms with E-state index in [2.05, 4.69) is 53.1 Å². The molecule has 1 aromatic rings. The van der Waals surface area contributed by atoms with Gasteiger partial charge in [-0.2, -0.15) is 5.26 Å². The van der Waals surface area contributed by atoms with E-state index < -0.39 is 0 Å². The molecule has 1 atom stereocenters. The molecule has 6 heteroatoms. The molecule has 0 radical (unpaired) electrons. The van der Waals surface area contributed by atoms with Crippen LogP contribution < -0.4 is 5.32 Å². The maximum absolute atomic E-state index is 9.43. The Morgan fingerprint density at radius 3 is 2.94 bits per heavy atom. The molecule has 1 saturated heterocycles. The summed E-state index contributed by atoms with van der Waals surface area (Å²) in [5.41, 5.74) is 0.794. The lowest BCUT2D eigenvalue weighted by Crippen LogP contribution is -2.32. The zero-order valence-electron chi connectivity index (χ0n) is 9.87. The Hall–Kier alpha value is -0.480. The number of pyridine rings is 1. The SMILES string of the molecule is N#CC(c1ncc(Br)cc1Br)N1CCCNCC1. The van der Waals surface area contributed by atoms with Crippen molar-refractivity contribution in [1.29, 1.82) is 5.26 Å². The minimum Gasteiger partial charge on any atom is -0.315 e. The molecule has 0 aromatic carbocycles. The zero-order chi connectivity index (χ0) is 13.0. The number of hydrogen-bond acceptors (Lipinski definition) is 4. The molecule has 0 bridgehead atoms. The Labute approximate surface area is 124 Å². The van der Waals surface area contributed by atoms with Crippen molar-refractivity contribution in [2.75, 3.05) is 26.2 Å². The molecule has 1 unspecified atom stereocenters. The van der Waals surface area contributed by atoms with Gasteiger partial charge in [0.15, 0.2) is 0 Å². The maximum atomic E-state index is 9.43. The summed E-state index contributed by atoms with van der Waals surface area (Å²) in [5, 5.41) is 12.8. The Balaban J connectivity index is 2.24. The molecule has 0 saturated carbocycles. The smallest absolute Gasteiger partial charge is 0.142 e. The third-order valence-corrected chi connectivity index (χ3v) is 4.03. The second-order valence-corrected chi connectivity index (χ2v) is 5.96. The number of aromatic nitrogens is 1. The minimum absolute atomic E-state index is 0.285. The highest BCUT2D eigenvalue weighted by molar-refractivity contribution is 9.11. The van der Waals surface area contributed by atoms with Crippen molar-refractivity contribution >= 4 is 31.9 Å². The molecule has 0 spiro atoms. The van der Waals surface area contributed by atoms with E-state index in [-0.39, 0.29) is 6.04 Å². The van der Waals surface area contributed by atoms with Gasteiger partial charge in [-0.3, -0.25) is 9.88 Å². The van der Waals surface area contributed by atoms with Gasteiger partial charge in [0.05, 0.1) is 11.8 Å². The number of nitrogens with one attached hydrogen (secondary N) is 1. The van der Waals surface area contributed by atoms with Crippen LogP contribution in [0.3, 0.4) is 0 Å². The molecular formula is C12H14Br2N4. The summed E-state index contributed by atoms with van der Waals surface area (Å²) in [6.45, 7) is 3.74. The number of rotatable bonds is 2. The highest BCUT2D eigenvalue weighted by Gasteiger charge is 2.24. The van der Waals surface area contributed by atoms with Crippen LogP contribution in [0.25, 0.3) is 0 Å². The molecule has 0 amide bonds. The van der Waals surface area contributed by atoms with E-state index in [1.54, 1.807) is 6.20 Å². The lowest BCUT2D eigenvalue weighted by Gasteiger charge is -2.25. The Kier molecular flexibility index (Phi) is 5.13. The van der Waals surface area contributed by atoms with Crippen LogP contribution in [-0.2, 0) is 0 Å². The van der Waals surface area contributed by atoms with Gasteiger partial charge in [-0.15, -0.1) is 0 Å². The lowest BCUT2D eigenvalue weighted by molar-refractivity contribution is 0.248. The summed E-state index contributed by atoms with van der Waals surface area (Å²) in [4.78, 5) is 6.56. The predicted octanol–water partition coefficient (Wildman–Crippen LogP) is 2.47. The molecule has 1 aliphatic heterocycles. The number of nitrogens with zero attached hydrogens (tertiary/aromatic N) is 3. The Bertz CT molecular complexity index is 450. The first-order chi connectivity index (χ1) is 8.72. The average molecular weight is 374 g/mol. The van der Waals surface area contributed by atoms with E-state index in [9.17, 15) is 5.26 Å². The highest BCUT2D eigenvalue weighted by Crippen LogP contribution is 2.28. The van der Waals surface area contributed by atoms with Gasteiger partial charge in [0.25, 0.3) is 0 Å². The van der Waals surface area contributed by atoms with E-state index in [0.29, 0.717) is 0 Å². The van der Waals surface area contributed by atoms with E-state index in [1.165, 1.54) is 0 Å². The maximum Gasteiger partial charge on any atom is 0.142 e. The van der Waals surface area contributed by atoms with Crippen LogP contribution in [0.5, 0.6) is 0 Å². The van der Waals surface area contributed by atoms with Crippen molar-refractivity contribution in [2.45, 2.75) is 12.5 Å². The van der Waals surface area contributed by atoms with E-state index in [0.717, 1.165) is 47.2 Å². The highest BCUT2D eigenvalue weighted by atomic mass is 79.9. The molecule has 18 heavy (non-hydrogen) atoms. The molecule has 1 aromatic heterocycles. The van der Waals surface area contributed by atoms with E-state index in [1.807, 2.05) is 6.07 Å². The quantitative estimate of drug-likeness (QED) is 0.865. The lowest BCUT2D eigenvalue weighted by atomic mass is 10.1. The molecule has 1 N–H and O–H groups in total. The third-order valence-electron chi connectivity index (χ3n) is 2.96. The summed E-state index contributed by atoms with van der Waals surface area (Å²) in [5.74, 6) is 0. The Morgan fingerprint density at radius 1 is 1.39 bits per heavy atom. The molecule has 1 aliphatic rings. The molecule has 96 valence electrons. The van der Waals surface area contributed by atoms with Gasteiger partial charge in [-0.1, -0.05) is 0 Å². The molecule has 0 aliphatic carbocycles. The van der Waals surface area contributed by atoms with Crippen LogP contribution in [0.4, 0.5) is 0 Å². The number of nitriles is 1. The first-order valence-corrected chi connectivity index (χ1v) is 7.46. The summed E-state index contributed by atoms with van der Waals surface area (Å²) in [6, 6.07) is 4.01. The molecule has 4 nitrogen and oxygen atoms in total. The van der Waals surface area contributed by atoms with E-state index >= 15 is 0 Å². The largest absolute Gasteiger partial charge is 0.315 e. The molecular weight excluding hydrogens is 360 g/mol. The fourth-order valence-electron chi connectivity index (χ4n) is 2.07. The fraction of sp³-hybridized carbons (Fsp3) is 0.500. The van der Waals surface area contributed by atoms with Crippen molar-refractivity contribution in [2.24, 2.45) is 0 Å². The van der Waals surface area contributed by atoms with Gasteiger partial charge in [-0.25, -0.2) is 0 Å². The summed E-state index contributed by atoms with van der Waals surface area (Å²) in [6.07, 6.45) is 2.80. The standard InChI is InChI=1S/C12H14Br2N4/c13-9-6-10(14)12(17-8-9)11(7-15)18-4-1-2-16-3-5-18/h6,8,11,16H,1-5H2. The topological polar surface area (TPSA) is 52.0 Å². The van der Waals surface area contributed by atoms with Crippen LogP contribution in [-0.4, -0.2) is 36.1 Å². The van der Waals surface area contributed by atoms with Crippen molar-refractivity contribution in [3.63, 3.8) is 0 Å². The molecule has 2 rings (SSSR count). The van der Waals surface area contributed by atoms with Gasteiger partial charge >= 0.3 is 0 Å².